The number of piperidine rings is 1. The zero-order chi connectivity index (χ0) is 21.3. The predicted octanol–water partition coefficient (Wildman–Crippen LogP) is 3.60. The molecular formula is C24H27N3O3. The number of hydrogen-bond acceptors (Lipinski definition) is 5. The van der Waals surface area contributed by atoms with Gasteiger partial charge in [-0.05, 0) is 73.2 Å². The van der Waals surface area contributed by atoms with Gasteiger partial charge in [0, 0.05) is 17.8 Å². The highest BCUT2D eigenvalue weighted by Crippen LogP contribution is 2.30. The number of allylic oxidation sites excluding steroid dienone is 1. The van der Waals surface area contributed by atoms with Gasteiger partial charge in [-0.2, -0.15) is 0 Å². The number of hydroxylamine groups is 1. The van der Waals surface area contributed by atoms with Crippen molar-refractivity contribution in [1.82, 2.24) is 15.8 Å². The van der Waals surface area contributed by atoms with Gasteiger partial charge in [0.25, 0.3) is 5.91 Å². The molecule has 1 aliphatic rings. The Hall–Kier alpha value is -3.09. The van der Waals surface area contributed by atoms with Crippen molar-refractivity contribution in [1.29, 1.82) is 0 Å². The molecule has 1 atom stereocenters. The maximum absolute atomic E-state index is 12.5. The molecule has 1 saturated heterocycles. The van der Waals surface area contributed by atoms with Crippen molar-refractivity contribution in [3.63, 3.8) is 0 Å². The molecule has 0 radical (unpaired) electrons. The summed E-state index contributed by atoms with van der Waals surface area (Å²) in [6.45, 7) is 4.44. The second kappa shape index (κ2) is 10.6. The molecule has 1 fully saturated rings. The summed E-state index contributed by atoms with van der Waals surface area (Å²) >= 11 is 0. The molecule has 1 amide bonds. The number of aromatic nitrogens is 1. The Balaban J connectivity index is 1.59. The van der Waals surface area contributed by atoms with E-state index in [0.29, 0.717) is 23.1 Å². The van der Waals surface area contributed by atoms with Crippen LogP contribution in [0, 0.1) is 5.92 Å². The normalized spacial score (nSPS) is 16.1. The highest BCUT2D eigenvalue weighted by molar-refractivity contribution is 6.06. The molecule has 2 aromatic rings. The lowest BCUT2D eigenvalue weighted by molar-refractivity contribution is -0.124. The zero-order valence-corrected chi connectivity index (χ0v) is 17.0. The minimum atomic E-state index is -0.623. The first-order valence-corrected chi connectivity index (χ1v) is 10.2. The maximum atomic E-state index is 12.5. The number of amides is 1. The van der Waals surface area contributed by atoms with E-state index in [-0.39, 0.29) is 5.78 Å². The molecule has 1 unspecified atom stereocenters. The average Bonchev–Trinajstić information content (AvgIpc) is 2.81. The fourth-order valence-electron chi connectivity index (χ4n) is 3.65. The number of pyridine rings is 1. The summed E-state index contributed by atoms with van der Waals surface area (Å²) in [5.41, 5.74) is 4.81. The molecule has 0 aliphatic carbocycles. The Morgan fingerprint density at radius 1 is 1.10 bits per heavy atom. The molecule has 0 bridgehead atoms. The number of rotatable bonds is 7. The molecule has 1 aliphatic heterocycles. The first-order valence-electron chi connectivity index (χ1n) is 10.2. The summed E-state index contributed by atoms with van der Waals surface area (Å²) in [6.07, 6.45) is 9.92. The molecule has 3 N–H and O–H groups in total. The van der Waals surface area contributed by atoms with Crippen molar-refractivity contribution in [2.45, 2.75) is 25.7 Å². The second-order valence-corrected chi connectivity index (χ2v) is 7.52. The lowest BCUT2D eigenvalue weighted by atomic mass is 9.81. The number of carbonyl (C=O) groups is 2. The van der Waals surface area contributed by atoms with E-state index >= 15 is 0 Å². The van der Waals surface area contributed by atoms with Crippen molar-refractivity contribution in [2.24, 2.45) is 5.92 Å². The lowest BCUT2D eigenvalue weighted by Gasteiger charge is -2.28. The van der Waals surface area contributed by atoms with Crippen molar-refractivity contribution in [2.75, 3.05) is 13.1 Å². The van der Waals surface area contributed by atoms with Gasteiger partial charge in [0.2, 0.25) is 0 Å². The van der Waals surface area contributed by atoms with Crippen molar-refractivity contribution < 1.29 is 14.8 Å². The smallest absolute Gasteiger partial charge is 0.267 e. The van der Waals surface area contributed by atoms with Crippen molar-refractivity contribution in [3.05, 3.63) is 77.1 Å². The van der Waals surface area contributed by atoms with Crippen molar-refractivity contribution >= 4 is 23.8 Å². The second-order valence-electron chi connectivity index (χ2n) is 7.52. The van der Waals surface area contributed by atoms with Crippen LogP contribution in [0.3, 0.4) is 0 Å². The van der Waals surface area contributed by atoms with E-state index < -0.39 is 5.91 Å². The third kappa shape index (κ3) is 5.95. The topological polar surface area (TPSA) is 91.3 Å². The van der Waals surface area contributed by atoms with E-state index in [1.54, 1.807) is 24.4 Å². The quantitative estimate of drug-likeness (QED) is 0.283. The molecule has 1 aromatic carbocycles. The fourth-order valence-corrected chi connectivity index (χ4v) is 3.65. The summed E-state index contributed by atoms with van der Waals surface area (Å²) in [5.74, 6) is 0.507. The highest BCUT2D eigenvalue weighted by Gasteiger charge is 2.21. The number of nitrogens with one attached hydrogen (secondary N) is 2. The summed E-state index contributed by atoms with van der Waals surface area (Å²) in [7, 11) is 0. The third-order valence-electron chi connectivity index (χ3n) is 5.56. The summed E-state index contributed by atoms with van der Waals surface area (Å²) in [5, 5.41) is 11.9. The van der Waals surface area contributed by atoms with Gasteiger partial charge < -0.3 is 5.32 Å². The van der Waals surface area contributed by atoms with Crippen LogP contribution in [0.2, 0.25) is 0 Å². The SMILES string of the molecule is CC(c1ccc(C(=O)C=Cc2ccc(C=CC(=O)NO)nc2)cc1)C1CCNCC1. The average molecular weight is 405 g/mol. The monoisotopic (exact) mass is 405 g/mol. The predicted molar refractivity (Wildman–Crippen MR) is 117 cm³/mol. The number of carbonyl (C=O) groups excluding carboxylic acids is 2. The highest BCUT2D eigenvalue weighted by atomic mass is 16.5. The van der Waals surface area contributed by atoms with Gasteiger partial charge in [-0.3, -0.25) is 19.8 Å². The molecular weight excluding hydrogens is 378 g/mol. The van der Waals surface area contributed by atoms with Crippen LogP contribution in [0.1, 0.15) is 52.9 Å². The van der Waals surface area contributed by atoms with E-state index in [1.165, 1.54) is 42.1 Å². The Morgan fingerprint density at radius 3 is 2.47 bits per heavy atom. The third-order valence-corrected chi connectivity index (χ3v) is 5.56. The fraction of sp³-hybridized carbons (Fsp3) is 0.292. The standard InChI is InChI=1S/C24H27N3O3/c1-17(20-12-14-25-15-13-20)19-4-6-21(7-5-19)23(28)10-3-18-2-8-22(26-16-18)9-11-24(29)27-30/h2-11,16-17,20,25,30H,12-15H2,1H3,(H,27,29). The molecule has 6 heteroatoms. The first kappa shape index (κ1) is 21.6. The van der Waals surface area contributed by atoms with Crippen LogP contribution in [0.15, 0.2) is 54.7 Å². The van der Waals surface area contributed by atoms with Crippen LogP contribution in [0.4, 0.5) is 0 Å². The van der Waals surface area contributed by atoms with Crippen LogP contribution >= 0.6 is 0 Å². The van der Waals surface area contributed by atoms with Gasteiger partial charge in [0.05, 0.1) is 5.69 Å². The Labute approximate surface area is 176 Å². The van der Waals surface area contributed by atoms with E-state index in [1.807, 2.05) is 12.1 Å². The molecule has 2 heterocycles. The van der Waals surface area contributed by atoms with Crippen LogP contribution < -0.4 is 10.8 Å². The molecule has 0 spiro atoms. The van der Waals surface area contributed by atoms with Crippen LogP contribution in [0.25, 0.3) is 12.2 Å². The van der Waals surface area contributed by atoms with E-state index in [2.05, 4.69) is 29.4 Å². The van der Waals surface area contributed by atoms with Gasteiger partial charge in [-0.15, -0.1) is 0 Å². The minimum Gasteiger partial charge on any atom is -0.317 e. The number of benzene rings is 1. The summed E-state index contributed by atoms with van der Waals surface area (Å²) < 4.78 is 0. The van der Waals surface area contributed by atoms with Crippen LogP contribution in [-0.2, 0) is 4.79 Å². The Kier molecular flexibility index (Phi) is 7.65. The molecule has 0 saturated carbocycles. The molecule has 30 heavy (non-hydrogen) atoms. The lowest BCUT2D eigenvalue weighted by Crippen LogP contribution is -2.30. The maximum Gasteiger partial charge on any atom is 0.267 e. The number of hydrogen-bond donors (Lipinski definition) is 3. The first-order chi connectivity index (χ1) is 14.6. The molecule has 156 valence electrons. The zero-order valence-electron chi connectivity index (χ0n) is 17.0. The van der Waals surface area contributed by atoms with Crippen LogP contribution in [0.5, 0.6) is 0 Å². The molecule has 6 nitrogen and oxygen atoms in total. The van der Waals surface area contributed by atoms with Crippen molar-refractivity contribution in [3.8, 4) is 0 Å². The largest absolute Gasteiger partial charge is 0.317 e. The van der Waals surface area contributed by atoms with E-state index in [9.17, 15) is 9.59 Å². The van der Waals surface area contributed by atoms with Gasteiger partial charge in [-0.25, -0.2) is 5.48 Å². The van der Waals surface area contributed by atoms with Gasteiger partial charge in [0.15, 0.2) is 5.78 Å². The minimum absolute atomic E-state index is 0.0559. The Morgan fingerprint density at radius 2 is 1.83 bits per heavy atom. The van der Waals surface area contributed by atoms with Gasteiger partial charge in [-0.1, -0.05) is 37.3 Å². The summed E-state index contributed by atoms with van der Waals surface area (Å²) in [6, 6.07) is 11.5. The number of ketones is 1. The van der Waals surface area contributed by atoms with Gasteiger partial charge in [0.1, 0.15) is 0 Å². The molecule has 1 aromatic heterocycles. The van der Waals surface area contributed by atoms with Crippen LogP contribution in [-0.4, -0.2) is 35.0 Å². The number of nitrogens with zero attached hydrogens (tertiary/aromatic N) is 1. The van der Waals surface area contributed by atoms with Gasteiger partial charge >= 0.3 is 0 Å². The van der Waals surface area contributed by atoms with E-state index in [0.717, 1.165) is 18.7 Å². The summed E-state index contributed by atoms with van der Waals surface area (Å²) in [4.78, 5) is 27.7. The Bertz CT molecular complexity index is 912. The van der Waals surface area contributed by atoms with E-state index in [4.69, 9.17) is 5.21 Å². The molecule has 3 rings (SSSR count).